The number of aromatic nitrogens is 3. The first kappa shape index (κ1) is 25.3. The number of aliphatic imine (C=N–C) groups is 1. The summed E-state index contributed by atoms with van der Waals surface area (Å²) in [7, 11) is 2.21. The van der Waals surface area contributed by atoms with Crippen molar-refractivity contribution in [1.82, 2.24) is 24.8 Å². The highest BCUT2D eigenvalue weighted by molar-refractivity contribution is 6.00. The smallest absolute Gasteiger partial charge is 0.227 e. The number of rotatable bonds is 6. The topological polar surface area (TPSA) is 69.5 Å². The minimum absolute atomic E-state index is 0.537. The number of hydrogen-bond acceptors (Lipinski definition) is 7. The third-order valence-corrected chi connectivity index (χ3v) is 7.85. The molecule has 0 radical (unpaired) electrons. The van der Waals surface area contributed by atoms with E-state index >= 15 is 0 Å². The quantitative estimate of drug-likeness (QED) is 0.302. The zero-order valence-corrected chi connectivity index (χ0v) is 22.9. The fourth-order valence-electron chi connectivity index (χ4n) is 5.68. The van der Waals surface area contributed by atoms with Gasteiger partial charge in [-0.3, -0.25) is 19.8 Å². The number of nitrogens with one attached hydrogen (secondary N) is 1. The Kier molecular flexibility index (Phi) is 7.18. The zero-order valence-electron chi connectivity index (χ0n) is 22.9. The number of hydrogen-bond donors (Lipinski definition) is 1. The fourth-order valence-corrected chi connectivity index (χ4v) is 5.68. The Labute approximate surface area is 230 Å². The summed E-state index contributed by atoms with van der Waals surface area (Å²) in [5, 5.41) is 3.39. The Morgan fingerprint density at radius 2 is 1.97 bits per heavy atom. The van der Waals surface area contributed by atoms with Gasteiger partial charge in [-0.05, 0) is 98.8 Å². The van der Waals surface area contributed by atoms with Crippen LogP contribution in [0.5, 0.6) is 0 Å². The molecule has 1 aliphatic heterocycles. The van der Waals surface area contributed by atoms with Crippen LogP contribution < -0.4 is 5.32 Å². The summed E-state index contributed by atoms with van der Waals surface area (Å²) >= 11 is 0. The van der Waals surface area contributed by atoms with Gasteiger partial charge in [-0.1, -0.05) is 18.2 Å². The Hall–Kier alpha value is -3.94. The number of pyridine rings is 1. The number of nitrogens with zero attached hydrogens (tertiary/aromatic N) is 6. The van der Waals surface area contributed by atoms with Gasteiger partial charge in [0.25, 0.3) is 0 Å². The van der Waals surface area contributed by atoms with Crippen molar-refractivity contribution in [1.29, 1.82) is 0 Å². The molecule has 2 aromatic heterocycles. The molecule has 2 aliphatic rings. The monoisotopic (exact) mass is 517 g/mol. The Balaban J connectivity index is 1.22. The Morgan fingerprint density at radius 3 is 2.79 bits per heavy atom. The highest BCUT2D eigenvalue weighted by Crippen LogP contribution is 2.36. The van der Waals surface area contributed by atoms with Gasteiger partial charge in [0, 0.05) is 54.7 Å². The summed E-state index contributed by atoms with van der Waals surface area (Å²) in [6.07, 6.45) is 8.97. The summed E-state index contributed by atoms with van der Waals surface area (Å²) < 4.78 is 0. The molecule has 1 atom stereocenters. The molecular formula is C32H35N7. The summed E-state index contributed by atoms with van der Waals surface area (Å²) in [4.78, 5) is 23.4. The van der Waals surface area contributed by atoms with Crippen molar-refractivity contribution in [3.63, 3.8) is 0 Å². The summed E-state index contributed by atoms with van der Waals surface area (Å²) in [5.74, 6) is 0.547. The Morgan fingerprint density at radius 1 is 1.05 bits per heavy atom. The van der Waals surface area contributed by atoms with Crippen LogP contribution in [0.3, 0.4) is 0 Å². The molecule has 4 aromatic rings. The molecule has 1 fully saturated rings. The summed E-state index contributed by atoms with van der Waals surface area (Å²) in [6, 6.07) is 19.5. The van der Waals surface area contributed by atoms with E-state index in [1.54, 1.807) is 18.6 Å². The lowest BCUT2D eigenvalue weighted by Gasteiger charge is -2.33. The van der Waals surface area contributed by atoms with Gasteiger partial charge in [0.15, 0.2) is 0 Å². The van der Waals surface area contributed by atoms with Crippen molar-refractivity contribution < 1.29 is 0 Å². The predicted molar refractivity (Wildman–Crippen MR) is 158 cm³/mol. The lowest BCUT2D eigenvalue weighted by Crippen LogP contribution is -2.30. The maximum Gasteiger partial charge on any atom is 0.227 e. The molecule has 0 amide bonds. The molecule has 1 N–H and O–H groups in total. The van der Waals surface area contributed by atoms with E-state index in [1.807, 2.05) is 18.2 Å². The van der Waals surface area contributed by atoms with Crippen molar-refractivity contribution in [3.05, 3.63) is 95.4 Å². The third kappa shape index (κ3) is 5.60. The van der Waals surface area contributed by atoms with Gasteiger partial charge in [-0.25, -0.2) is 9.97 Å². The van der Waals surface area contributed by atoms with E-state index in [-0.39, 0.29) is 0 Å². The van der Waals surface area contributed by atoms with Gasteiger partial charge in [-0.2, -0.15) is 0 Å². The van der Waals surface area contributed by atoms with Crippen LogP contribution in [-0.4, -0.2) is 57.3 Å². The summed E-state index contributed by atoms with van der Waals surface area (Å²) in [6.45, 7) is 7.56. The molecule has 2 aromatic carbocycles. The van der Waals surface area contributed by atoms with Gasteiger partial charge in [0.05, 0.1) is 18.1 Å². The van der Waals surface area contributed by atoms with Gasteiger partial charge in [-0.15, -0.1) is 0 Å². The molecule has 3 heterocycles. The van der Waals surface area contributed by atoms with E-state index in [9.17, 15) is 0 Å². The second-order valence-electron chi connectivity index (χ2n) is 10.7. The number of anilines is 2. The average Bonchev–Trinajstić information content (AvgIpc) is 3.40. The number of benzene rings is 2. The van der Waals surface area contributed by atoms with E-state index in [0.29, 0.717) is 12.0 Å². The van der Waals surface area contributed by atoms with E-state index in [2.05, 4.69) is 82.4 Å². The van der Waals surface area contributed by atoms with Gasteiger partial charge in [0.1, 0.15) is 0 Å². The minimum Gasteiger partial charge on any atom is -0.324 e. The molecule has 0 saturated carbocycles. The van der Waals surface area contributed by atoms with Crippen molar-refractivity contribution in [2.75, 3.05) is 32.1 Å². The lowest BCUT2D eigenvalue weighted by atomic mass is 9.85. The van der Waals surface area contributed by atoms with Crippen molar-refractivity contribution in [2.24, 2.45) is 4.99 Å². The molecule has 0 bridgehead atoms. The maximum atomic E-state index is 5.00. The van der Waals surface area contributed by atoms with Crippen LogP contribution in [-0.2, 0) is 6.42 Å². The van der Waals surface area contributed by atoms with E-state index < -0.39 is 0 Å². The number of fused-ring (bicyclic) bond motifs is 1. The lowest BCUT2D eigenvalue weighted by molar-refractivity contribution is 0.189. The van der Waals surface area contributed by atoms with Crippen LogP contribution in [0.4, 0.5) is 17.3 Å². The van der Waals surface area contributed by atoms with Gasteiger partial charge < -0.3 is 5.32 Å². The second kappa shape index (κ2) is 11.0. The number of aryl methyl sites for hydroxylation is 2. The largest absolute Gasteiger partial charge is 0.324 e. The van der Waals surface area contributed by atoms with Crippen molar-refractivity contribution >= 4 is 23.0 Å². The van der Waals surface area contributed by atoms with Crippen LogP contribution in [0.1, 0.15) is 48.1 Å². The van der Waals surface area contributed by atoms with Crippen LogP contribution in [0, 0.1) is 6.92 Å². The SMILES string of the molecule is CC(=Nc1ccc(C)c(Nc2nccc(-c3cccnc3)n2)c1)c1ccc2c(c1)CCCC2N1CCN(C)C1. The van der Waals surface area contributed by atoms with Crippen molar-refractivity contribution in [3.8, 4) is 11.3 Å². The molecule has 1 unspecified atom stereocenters. The highest BCUT2D eigenvalue weighted by atomic mass is 15.4. The highest BCUT2D eigenvalue weighted by Gasteiger charge is 2.29. The first-order valence-electron chi connectivity index (χ1n) is 13.8. The van der Waals surface area contributed by atoms with E-state index in [1.165, 1.54) is 29.5 Å². The van der Waals surface area contributed by atoms with Crippen LogP contribution >= 0.6 is 0 Å². The zero-order chi connectivity index (χ0) is 26.8. The van der Waals surface area contributed by atoms with Crippen molar-refractivity contribution in [2.45, 2.75) is 39.2 Å². The van der Waals surface area contributed by atoms with Crippen LogP contribution in [0.25, 0.3) is 11.3 Å². The number of likely N-dealkylation sites (N-methyl/N-ethyl adjacent to an activating group) is 1. The van der Waals surface area contributed by atoms with Crippen LogP contribution in [0.15, 0.2) is 78.2 Å². The predicted octanol–water partition coefficient (Wildman–Crippen LogP) is 6.31. The van der Waals surface area contributed by atoms with Gasteiger partial charge in [0.2, 0.25) is 5.95 Å². The normalized spacial score (nSPS) is 18.2. The maximum absolute atomic E-state index is 5.00. The molecule has 198 valence electrons. The van der Waals surface area contributed by atoms with E-state index in [0.717, 1.165) is 60.1 Å². The molecular weight excluding hydrogens is 482 g/mol. The van der Waals surface area contributed by atoms with E-state index in [4.69, 9.17) is 9.98 Å². The minimum atomic E-state index is 0.537. The molecule has 39 heavy (non-hydrogen) atoms. The molecule has 7 heteroatoms. The molecule has 7 nitrogen and oxygen atoms in total. The molecule has 6 rings (SSSR count). The molecule has 0 spiro atoms. The molecule has 1 saturated heterocycles. The van der Waals surface area contributed by atoms with Gasteiger partial charge >= 0.3 is 0 Å². The first-order valence-corrected chi connectivity index (χ1v) is 13.8. The first-order chi connectivity index (χ1) is 19.0. The Bertz CT molecular complexity index is 1500. The standard InChI is InChI=1S/C32H35N7/c1-22-9-11-27(19-30(22)37-32-34-15-13-29(36-32)26-7-5-14-33-20-26)35-23(2)24-10-12-28-25(18-24)6-4-8-31(28)39-17-16-38(3)21-39/h5,7,9-15,18-20,31H,4,6,8,16-17,21H2,1-3H3,(H,34,36,37). The third-order valence-electron chi connectivity index (χ3n) is 7.85. The second-order valence-corrected chi connectivity index (χ2v) is 10.7. The van der Waals surface area contributed by atoms with Crippen LogP contribution in [0.2, 0.25) is 0 Å². The summed E-state index contributed by atoms with van der Waals surface area (Å²) in [5.41, 5.74) is 9.92. The average molecular weight is 518 g/mol. The fraction of sp³-hybridized carbons (Fsp3) is 0.312. The molecule has 1 aliphatic carbocycles.